The van der Waals surface area contributed by atoms with Gasteiger partial charge in [-0.2, -0.15) is 0 Å². The highest BCUT2D eigenvalue weighted by Gasteiger charge is 2.47. The number of nitrogens with one attached hydrogen (secondary N) is 1. The van der Waals surface area contributed by atoms with Gasteiger partial charge in [0.15, 0.2) is 6.04 Å². The molecule has 3 aromatic carbocycles. The standard InChI is InChI=1S/C25H24N2O4/c1-3-31-25(30)23-21(20-13-12-17-6-4-5-7-19(17)14-20)15-22(28)27(23)26-24(29)18-10-8-16(2)9-11-18/h4-14,21,23H,3,15H2,1-2H3,(H,26,29)/t21-,23-/m0/s1. The normalized spacial score (nSPS) is 18.3. The Balaban J connectivity index is 1.66. The molecule has 0 aromatic heterocycles. The largest absolute Gasteiger partial charge is 0.464 e. The predicted molar refractivity (Wildman–Crippen MR) is 117 cm³/mol. The smallest absolute Gasteiger partial charge is 0.331 e. The third-order valence-corrected chi connectivity index (χ3v) is 5.59. The number of amides is 2. The minimum atomic E-state index is -0.928. The zero-order valence-corrected chi connectivity index (χ0v) is 17.5. The van der Waals surface area contributed by atoms with Crippen molar-refractivity contribution < 1.29 is 19.1 Å². The lowest BCUT2D eigenvalue weighted by molar-refractivity contribution is -0.153. The van der Waals surface area contributed by atoms with Crippen LogP contribution in [0.5, 0.6) is 0 Å². The fraction of sp³-hybridized carbons (Fsp3) is 0.240. The highest BCUT2D eigenvalue weighted by Crippen LogP contribution is 2.35. The SMILES string of the molecule is CCOC(=O)[C@@H]1[C@H](c2ccc3ccccc3c2)CC(=O)N1NC(=O)c1ccc(C)cc1. The van der Waals surface area contributed by atoms with E-state index < -0.39 is 23.8 Å². The summed E-state index contributed by atoms with van der Waals surface area (Å²) in [7, 11) is 0. The van der Waals surface area contributed by atoms with Crippen LogP contribution in [0.2, 0.25) is 0 Å². The van der Waals surface area contributed by atoms with Gasteiger partial charge in [-0.1, -0.05) is 60.2 Å². The topological polar surface area (TPSA) is 75.7 Å². The highest BCUT2D eigenvalue weighted by molar-refractivity contribution is 5.98. The number of aryl methyl sites for hydroxylation is 1. The number of esters is 1. The van der Waals surface area contributed by atoms with Gasteiger partial charge in [0.05, 0.1) is 6.61 Å². The summed E-state index contributed by atoms with van der Waals surface area (Å²) < 4.78 is 5.26. The summed E-state index contributed by atoms with van der Waals surface area (Å²) in [5.74, 6) is -1.72. The van der Waals surface area contributed by atoms with E-state index in [1.807, 2.05) is 61.5 Å². The average molecular weight is 416 g/mol. The number of fused-ring (bicyclic) bond motifs is 1. The lowest BCUT2D eigenvalue weighted by atomic mass is 9.90. The molecule has 1 heterocycles. The number of carbonyl (C=O) groups excluding carboxylic acids is 3. The number of hydrazine groups is 1. The number of hydrogen-bond acceptors (Lipinski definition) is 4. The molecule has 6 heteroatoms. The maximum atomic E-state index is 12.9. The van der Waals surface area contributed by atoms with E-state index >= 15 is 0 Å². The van der Waals surface area contributed by atoms with Crippen molar-refractivity contribution in [2.75, 3.05) is 6.61 Å². The van der Waals surface area contributed by atoms with E-state index in [-0.39, 0.29) is 18.9 Å². The van der Waals surface area contributed by atoms with Gasteiger partial charge in [0.1, 0.15) is 0 Å². The van der Waals surface area contributed by atoms with Crippen molar-refractivity contribution in [1.82, 2.24) is 10.4 Å². The number of carbonyl (C=O) groups is 3. The van der Waals surface area contributed by atoms with E-state index in [9.17, 15) is 14.4 Å². The molecule has 2 atom stereocenters. The van der Waals surface area contributed by atoms with E-state index in [0.29, 0.717) is 5.56 Å². The second kappa shape index (κ2) is 8.60. The van der Waals surface area contributed by atoms with E-state index in [0.717, 1.165) is 26.9 Å². The maximum absolute atomic E-state index is 12.9. The lowest BCUT2D eigenvalue weighted by Crippen LogP contribution is -2.52. The first kappa shape index (κ1) is 20.6. The molecule has 6 nitrogen and oxygen atoms in total. The molecule has 0 saturated carbocycles. The van der Waals surface area contributed by atoms with Crippen LogP contribution in [0, 0.1) is 6.92 Å². The predicted octanol–water partition coefficient (Wildman–Crippen LogP) is 3.74. The van der Waals surface area contributed by atoms with Gasteiger partial charge in [-0.3, -0.25) is 15.0 Å². The van der Waals surface area contributed by atoms with Gasteiger partial charge < -0.3 is 4.74 Å². The molecule has 0 unspecified atom stereocenters. The van der Waals surface area contributed by atoms with Gasteiger partial charge >= 0.3 is 5.97 Å². The lowest BCUT2D eigenvalue weighted by Gasteiger charge is -2.27. The van der Waals surface area contributed by atoms with Crippen LogP contribution >= 0.6 is 0 Å². The highest BCUT2D eigenvalue weighted by atomic mass is 16.5. The van der Waals surface area contributed by atoms with Gasteiger partial charge in [-0.05, 0) is 42.3 Å². The third-order valence-electron chi connectivity index (χ3n) is 5.59. The zero-order valence-electron chi connectivity index (χ0n) is 17.5. The van der Waals surface area contributed by atoms with Crippen molar-refractivity contribution in [2.45, 2.75) is 32.2 Å². The molecule has 3 aromatic rings. The van der Waals surface area contributed by atoms with Gasteiger partial charge in [0, 0.05) is 17.9 Å². The summed E-state index contributed by atoms with van der Waals surface area (Å²) >= 11 is 0. The van der Waals surface area contributed by atoms with Crippen molar-refractivity contribution in [3.63, 3.8) is 0 Å². The summed E-state index contributed by atoms with van der Waals surface area (Å²) in [4.78, 5) is 38.5. The van der Waals surface area contributed by atoms with Crippen LogP contribution in [0.15, 0.2) is 66.7 Å². The molecule has 0 bridgehead atoms. The van der Waals surface area contributed by atoms with Crippen molar-refractivity contribution in [1.29, 1.82) is 0 Å². The number of benzene rings is 3. The van der Waals surface area contributed by atoms with Crippen molar-refractivity contribution in [2.24, 2.45) is 0 Å². The van der Waals surface area contributed by atoms with Crippen LogP contribution in [0.1, 0.15) is 40.7 Å². The number of nitrogens with zero attached hydrogens (tertiary/aromatic N) is 1. The Bertz CT molecular complexity index is 1140. The first-order valence-electron chi connectivity index (χ1n) is 10.3. The third kappa shape index (κ3) is 4.14. The summed E-state index contributed by atoms with van der Waals surface area (Å²) in [5, 5.41) is 3.24. The van der Waals surface area contributed by atoms with Crippen molar-refractivity contribution >= 4 is 28.6 Å². The van der Waals surface area contributed by atoms with Gasteiger partial charge in [0.25, 0.3) is 5.91 Å². The molecular formula is C25H24N2O4. The molecule has 1 aliphatic rings. The summed E-state index contributed by atoms with van der Waals surface area (Å²) in [6, 6.07) is 19.9. The Morgan fingerprint density at radius 1 is 1.03 bits per heavy atom. The molecular weight excluding hydrogens is 392 g/mol. The van der Waals surface area contributed by atoms with Gasteiger partial charge in [-0.25, -0.2) is 9.80 Å². The van der Waals surface area contributed by atoms with E-state index in [4.69, 9.17) is 4.74 Å². The second-order valence-electron chi connectivity index (χ2n) is 7.68. The van der Waals surface area contributed by atoms with Crippen molar-refractivity contribution in [3.8, 4) is 0 Å². The van der Waals surface area contributed by atoms with Crippen molar-refractivity contribution in [3.05, 3.63) is 83.4 Å². The zero-order chi connectivity index (χ0) is 22.0. The maximum Gasteiger partial charge on any atom is 0.331 e. The minimum Gasteiger partial charge on any atom is -0.464 e. The van der Waals surface area contributed by atoms with Crippen LogP contribution in [0.25, 0.3) is 10.8 Å². The van der Waals surface area contributed by atoms with Crippen LogP contribution in [0.4, 0.5) is 0 Å². The monoisotopic (exact) mass is 416 g/mol. The van der Waals surface area contributed by atoms with Gasteiger partial charge in [-0.15, -0.1) is 0 Å². The number of ether oxygens (including phenoxy) is 1. The second-order valence-corrected chi connectivity index (χ2v) is 7.68. The molecule has 158 valence electrons. The van der Waals surface area contributed by atoms with E-state index in [2.05, 4.69) is 5.43 Å². The van der Waals surface area contributed by atoms with Crippen LogP contribution in [-0.4, -0.2) is 35.4 Å². The molecule has 1 saturated heterocycles. The Labute approximate surface area is 180 Å². The van der Waals surface area contributed by atoms with Crippen LogP contribution in [-0.2, 0) is 14.3 Å². The molecule has 1 fully saturated rings. The van der Waals surface area contributed by atoms with Crippen LogP contribution in [0.3, 0.4) is 0 Å². The fourth-order valence-electron chi connectivity index (χ4n) is 3.98. The molecule has 2 amide bonds. The number of rotatable bonds is 5. The van der Waals surface area contributed by atoms with Gasteiger partial charge in [0.2, 0.25) is 5.91 Å². The Kier molecular flexibility index (Phi) is 5.71. The first-order chi connectivity index (χ1) is 15.0. The quantitative estimate of drug-likeness (QED) is 0.643. The number of hydrogen-bond donors (Lipinski definition) is 1. The molecule has 0 aliphatic carbocycles. The molecule has 0 radical (unpaired) electrons. The summed E-state index contributed by atoms with van der Waals surface area (Å²) in [5.41, 5.74) is 4.93. The van der Waals surface area contributed by atoms with E-state index in [1.54, 1.807) is 19.1 Å². The minimum absolute atomic E-state index is 0.107. The molecule has 4 rings (SSSR count). The summed E-state index contributed by atoms with van der Waals surface area (Å²) in [6.07, 6.45) is 0.107. The molecule has 1 N–H and O–H groups in total. The first-order valence-corrected chi connectivity index (χ1v) is 10.3. The Morgan fingerprint density at radius 3 is 2.45 bits per heavy atom. The Morgan fingerprint density at radius 2 is 1.74 bits per heavy atom. The molecule has 0 spiro atoms. The van der Waals surface area contributed by atoms with Crippen LogP contribution < -0.4 is 5.43 Å². The summed E-state index contributed by atoms with van der Waals surface area (Å²) in [6.45, 7) is 3.83. The molecule has 1 aliphatic heterocycles. The molecule has 31 heavy (non-hydrogen) atoms. The Hall–Kier alpha value is -3.67. The average Bonchev–Trinajstić information content (AvgIpc) is 3.10. The fourth-order valence-corrected chi connectivity index (χ4v) is 3.98. The van der Waals surface area contributed by atoms with E-state index in [1.165, 1.54) is 0 Å².